The van der Waals surface area contributed by atoms with Gasteiger partial charge in [0.05, 0.1) is 0 Å². The highest BCUT2D eigenvalue weighted by Crippen LogP contribution is 2.18. The van der Waals surface area contributed by atoms with Gasteiger partial charge < -0.3 is 10.6 Å². The van der Waals surface area contributed by atoms with Crippen LogP contribution in [-0.4, -0.2) is 23.9 Å². The molecule has 0 radical (unpaired) electrons. The summed E-state index contributed by atoms with van der Waals surface area (Å²) >= 11 is 0. The maximum absolute atomic E-state index is 11.3. The molecule has 2 N–H and O–H groups in total. The molecule has 0 bridgehead atoms. The van der Waals surface area contributed by atoms with Crippen molar-refractivity contribution in [3.63, 3.8) is 0 Å². The Morgan fingerprint density at radius 3 is 2.60 bits per heavy atom. The van der Waals surface area contributed by atoms with Gasteiger partial charge >= 0.3 is 0 Å². The lowest BCUT2D eigenvalue weighted by atomic mass is 10.0. The molecule has 1 heterocycles. The van der Waals surface area contributed by atoms with Crippen molar-refractivity contribution in [2.24, 2.45) is 0 Å². The van der Waals surface area contributed by atoms with E-state index in [1.807, 2.05) is 17.0 Å². The van der Waals surface area contributed by atoms with Gasteiger partial charge in [-0.1, -0.05) is 6.07 Å². The predicted octanol–water partition coefficient (Wildman–Crippen LogP) is 1.22. The molecule has 0 spiro atoms. The summed E-state index contributed by atoms with van der Waals surface area (Å²) in [6.45, 7) is 3.27. The van der Waals surface area contributed by atoms with E-state index in [4.69, 9.17) is 5.73 Å². The van der Waals surface area contributed by atoms with Gasteiger partial charge in [-0.25, -0.2) is 0 Å². The molecule has 80 valence electrons. The van der Waals surface area contributed by atoms with Crippen molar-refractivity contribution in [3.05, 3.63) is 29.3 Å². The fraction of sp³-hybridized carbons (Fsp3) is 0.417. The van der Waals surface area contributed by atoms with Crippen molar-refractivity contribution in [2.75, 3.05) is 18.8 Å². The number of hydrogen-bond acceptors (Lipinski definition) is 2. The molecule has 1 aromatic carbocycles. The molecular formula is C12H16N2O. The van der Waals surface area contributed by atoms with Gasteiger partial charge in [-0.3, -0.25) is 4.79 Å². The van der Waals surface area contributed by atoms with Crippen molar-refractivity contribution in [1.29, 1.82) is 0 Å². The Balaban J connectivity index is 2.21. The van der Waals surface area contributed by atoms with Crippen LogP contribution in [-0.2, 0) is 17.6 Å². The number of carbonyl (C=O) groups is 1. The first-order valence-electron chi connectivity index (χ1n) is 5.29. The van der Waals surface area contributed by atoms with Crippen LogP contribution in [0, 0.1) is 0 Å². The van der Waals surface area contributed by atoms with Crippen molar-refractivity contribution in [3.8, 4) is 0 Å². The van der Waals surface area contributed by atoms with Crippen molar-refractivity contribution in [1.82, 2.24) is 4.90 Å². The zero-order valence-electron chi connectivity index (χ0n) is 8.99. The van der Waals surface area contributed by atoms with Gasteiger partial charge in [-0.05, 0) is 36.1 Å². The first-order valence-corrected chi connectivity index (χ1v) is 5.29. The Morgan fingerprint density at radius 2 is 1.93 bits per heavy atom. The third kappa shape index (κ3) is 2.12. The van der Waals surface area contributed by atoms with Crippen molar-refractivity contribution >= 4 is 11.6 Å². The van der Waals surface area contributed by atoms with Gasteiger partial charge in [0.15, 0.2) is 0 Å². The fourth-order valence-corrected chi connectivity index (χ4v) is 2.06. The van der Waals surface area contributed by atoms with Crippen LogP contribution < -0.4 is 5.73 Å². The maximum atomic E-state index is 11.3. The zero-order chi connectivity index (χ0) is 10.8. The highest BCUT2D eigenvalue weighted by atomic mass is 16.2. The molecule has 1 aromatic rings. The summed E-state index contributed by atoms with van der Waals surface area (Å²) in [7, 11) is 0. The minimum atomic E-state index is 0.163. The summed E-state index contributed by atoms with van der Waals surface area (Å²) in [5.74, 6) is 0.163. The average Bonchev–Trinajstić information content (AvgIpc) is 2.39. The van der Waals surface area contributed by atoms with Gasteiger partial charge in [0.1, 0.15) is 0 Å². The number of nitrogens with two attached hydrogens (primary N) is 1. The number of nitrogens with zero attached hydrogens (tertiary/aromatic N) is 1. The molecule has 1 aliphatic heterocycles. The molecule has 0 fully saturated rings. The second kappa shape index (κ2) is 3.93. The Morgan fingerprint density at radius 1 is 1.27 bits per heavy atom. The summed E-state index contributed by atoms with van der Waals surface area (Å²) in [6, 6.07) is 6.04. The molecule has 0 atom stereocenters. The van der Waals surface area contributed by atoms with Gasteiger partial charge in [0.25, 0.3) is 0 Å². The van der Waals surface area contributed by atoms with Crippen LogP contribution >= 0.6 is 0 Å². The number of fused-ring (bicyclic) bond motifs is 1. The Bertz CT molecular complexity index is 387. The SMILES string of the molecule is CC(=O)N1CCc2ccc(N)cc2CC1. The van der Waals surface area contributed by atoms with Gasteiger partial charge in [0.2, 0.25) is 5.91 Å². The zero-order valence-corrected chi connectivity index (χ0v) is 8.99. The smallest absolute Gasteiger partial charge is 0.219 e. The molecule has 0 unspecified atom stereocenters. The predicted molar refractivity (Wildman–Crippen MR) is 60.5 cm³/mol. The second-order valence-corrected chi connectivity index (χ2v) is 4.03. The molecule has 15 heavy (non-hydrogen) atoms. The maximum Gasteiger partial charge on any atom is 0.219 e. The van der Waals surface area contributed by atoms with E-state index in [1.54, 1.807) is 6.92 Å². The highest BCUT2D eigenvalue weighted by molar-refractivity contribution is 5.73. The van der Waals surface area contributed by atoms with E-state index in [0.29, 0.717) is 0 Å². The summed E-state index contributed by atoms with van der Waals surface area (Å²) in [5, 5.41) is 0. The highest BCUT2D eigenvalue weighted by Gasteiger charge is 2.15. The molecule has 2 rings (SSSR count). The lowest BCUT2D eigenvalue weighted by Gasteiger charge is -2.17. The number of carbonyl (C=O) groups excluding carboxylic acids is 1. The van der Waals surface area contributed by atoms with E-state index in [9.17, 15) is 4.79 Å². The van der Waals surface area contributed by atoms with Crippen LogP contribution in [0.5, 0.6) is 0 Å². The minimum absolute atomic E-state index is 0.163. The van der Waals surface area contributed by atoms with E-state index in [1.165, 1.54) is 11.1 Å². The quantitative estimate of drug-likeness (QED) is 0.646. The van der Waals surface area contributed by atoms with Crippen LogP contribution in [0.2, 0.25) is 0 Å². The van der Waals surface area contributed by atoms with Crippen molar-refractivity contribution in [2.45, 2.75) is 19.8 Å². The molecule has 0 saturated heterocycles. The lowest BCUT2D eigenvalue weighted by molar-refractivity contribution is -0.128. The third-order valence-corrected chi connectivity index (χ3v) is 2.98. The van der Waals surface area contributed by atoms with Gasteiger partial charge in [-0.15, -0.1) is 0 Å². The normalized spacial score (nSPS) is 15.7. The number of benzene rings is 1. The Hall–Kier alpha value is -1.51. The Kier molecular flexibility index (Phi) is 2.62. The molecule has 1 amide bonds. The van der Waals surface area contributed by atoms with Crippen LogP contribution in [0.3, 0.4) is 0 Å². The number of amides is 1. The number of anilines is 1. The Labute approximate surface area is 89.9 Å². The topological polar surface area (TPSA) is 46.3 Å². The standard InChI is InChI=1S/C12H16N2O/c1-9(15)14-6-4-10-2-3-12(13)8-11(10)5-7-14/h2-3,8H,4-7,13H2,1H3. The monoisotopic (exact) mass is 204 g/mol. The van der Waals surface area contributed by atoms with E-state index < -0.39 is 0 Å². The van der Waals surface area contributed by atoms with Gasteiger partial charge in [-0.2, -0.15) is 0 Å². The second-order valence-electron chi connectivity index (χ2n) is 4.03. The third-order valence-electron chi connectivity index (χ3n) is 2.98. The van der Waals surface area contributed by atoms with Gasteiger partial charge in [0, 0.05) is 25.7 Å². The molecule has 0 saturated carbocycles. The van der Waals surface area contributed by atoms with Crippen molar-refractivity contribution < 1.29 is 4.79 Å². The first-order chi connectivity index (χ1) is 7.16. The van der Waals surface area contributed by atoms with Crippen LogP contribution in [0.15, 0.2) is 18.2 Å². The number of hydrogen-bond donors (Lipinski definition) is 1. The average molecular weight is 204 g/mol. The number of nitrogen functional groups attached to an aromatic ring is 1. The molecule has 1 aliphatic rings. The van der Waals surface area contributed by atoms with Crippen LogP contribution in [0.4, 0.5) is 5.69 Å². The van der Waals surface area contributed by atoms with Crippen LogP contribution in [0.1, 0.15) is 18.1 Å². The van der Waals surface area contributed by atoms with E-state index >= 15 is 0 Å². The molecular weight excluding hydrogens is 188 g/mol. The van der Waals surface area contributed by atoms with E-state index in [2.05, 4.69) is 6.07 Å². The molecule has 0 aromatic heterocycles. The lowest BCUT2D eigenvalue weighted by Crippen LogP contribution is -2.30. The van der Waals surface area contributed by atoms with E-state index in [-0.39, 0.29) is 5.91 Å². The molecule has 0 aliphatic carbocycles. The summed E-state index contributed by atoms with van der Waals surface area (Å²) < 4.78 is 0. The largest absolute Gasteiger partial charge is 0.399 e. The molecule has 3 heteroatoms. The van der Waals surface area contributed by atoms with Crippen LogP contribution in [0.25, 0.3) is 0 Å². The summed E-state index contributed by atoms with van der Waals surface area (Å²) in [4.78, 5) is 13.2. The van der Waals surface area contributed by atoms with E-state index in [0.717, 1.165) is 31.6 Å². The summed E-state index contributed by atoms with van der Waals surface area (Å²) in [5.41, 5.74) is 9.17. The minimum Gasteiger partial charge on any atom is -0.399 e. The first kappa shape index (κ1) is 10.0. The molecule has 3 nitrogen and oxygen atoms in total. The fourth-order valence-electron chi connectivity index (χ4n) is 2.06. The summed E-state index contributed by atoms with van der Waals surface area (Å²) in [6.07, 6.45) is 1.86. The number of rotatable bonds is 0.